The monoisotopic (exact) mass is 560 g/mol. The smallest absolute Gasteiger partial charge is 0.343 e. The quantitative estimate of drug-likeness (QED) is 0.0821. The van der Waals surface area contributed by atoms with E-state index in [0.29, 0.717) is 43.1 Å². The van der Waals surface area contributed by atoms with Crippen LogP contribution in [0.4, 0.5) is 0 Å². The summed E-state index contributed by atoms with van der Waals surface area (Å²) < 4.78 is 27.0. The van der Waals surface area contributed by atoms with Crippen LogP contribution in [0.25, 0.3) is 0 Å². The van der Waals surface area contributed by atoms with Gasteiger partial charge >= 0.3 is 17.9 Å². The summed E-state index contributed by atoms with van der Waals surface area (Å²) in [4.78, 5) is 36.4. The number of benzene rings is 3. The Morgan fingerprint density at radius 3 is 2.07 bits per heavy atom. The maximum Gasteiger partial charge on any atom is 0.343 e. The first-order valence-corrected chi connectivity index (χ1v) is 13.7. The number of aryl methyl sites for hydroxylation is 1. The summed E-state index contributed by atoms with van der Waals surface area (Å²) in [5.41, 5.74) is 1.78. The van der Waals surface area contributed by atoms with Crippen LogP contribution in [0, 0.1) is 0 Å². The second-order valence-corrected chi connectivity index (χ2v) is 9.20. The largest absolute Gasteiger partial charge is 0.494 e. The fourth-order valence-electron chi connectivity index (χ4n) is 3.82. The van der Waals surface area contributed by atoms with Gasteiger partial charge in [0.1, 0.15) is 11.5 Å². The van der Waals surface area contributed by atoms with Gasteiger partial charge in [-0.15, -0.1) is 0 Å². The van der Waals surface area contributed by atoms with E-state index in [0.717, 1.165) is 18.9 Å². The lowest BCUT2D eigenvalue weighted by molar-refractivity contribution is -0.137. The fraction of sp³-hybridized carbons (Fsp3) is 0.303. The molecule has 0 heterocycles. The molecule has 0 unspecified atom stereocenters. The maximum atomic E-state index is 12.7. The molecule has 0 aliphatic heterocycles. The van der Waals surface area contributed by atoms with Crippen LogP contribution in [0.2, 0.25) is 0 Å². The summed E-state index contributed by atoms with van der Waals surface area (Å²) in [5.74, 6) is -0.150. The third-order valence-corrected chi connectivity index (χ3v) is 6.11. The van der Waals surface area contributed by atoms with E-state index in [-0.39, 0.29) is 17.1 Å². The van der Waals surface area contributed by atoms with Crippen LogP contribution in [0.1, 0.15) is 65.3 Å². The Morgan fingerprint density at radius 1 is 0.732 bits per heavy atom. The van der Waals surface area contributed by atoms with Crippen LogP contribution >= 0.6 is 0 Å². The topological polar surface area (TPSA) is 97.4 Å². The lowest BCUT2D eigenvalue weighted by atomic mass is 10.1. The molecule has 0 N–H and O–H groups in total. The van der Waals surface area contributed by atoms with Gasteiger partial charge in [0, 0.05) is 6.08 Å². The number of unbranched alkanes of at least 4 members (excludes halogenated alkanes) is 3. The van der Waals surface area contributed by atoms with Crippen LogP contribution in [-0.4, -0.2) is 38.2 Å². The van der Waals surface area contributed by atoms with Gasteiger partial charge in [-0.2, -0.15) is 0 Å². The molecule has 0 saturated heterocycles. The Hall–Kier alpha value is -4.59. The molecule has 8 nitrogen and oxygen atoms in total. The summed E-state index contributed by atoms with van der Waals surface area (Å²) in [6, 6.07) is 18.5. The van der Waals surface area contributed by atoms with Gasteiger partial charge < -0.3 is 23.7 Å². The number of methoxy groups -OCH3 is 1. The van der Waals surface area contributed by atoms with Crippen molar-refractivity contribution in [2.24, 2.45) is 0 Å². The SMILES string of the molecule is C=CC(=O)OCCCCOc1ccc(C(=O)Oc2ccc(C(=O)Oc3ccc(CCCCC)cc3)cc2OC)cc1. The summed E-state index contributed by atoms with van der Waals surface area (Å²) in [7, 11) is 1.43. The van der Waals surface area contributed by atoms with Crippen LogP contribution in [0.5, 0.6) is 23.0 Å². The highest BCUT2D eigenvalue weighted by molar-refractivity contribution is 5.93. The number of esters is 3. The molecule has 0 bridgehead atoms. The number of hydrogen-bond acceptors (Lipinski definition) is 8. The highest BCUT2D eigenvalue weighted by Crippen LogP contribution is 2.30. The normalized spacial score (nSPS) is 10.4. The van der Waals surface area contributed by atoms with E-state index in [1.54, 1.807) is 36.4 Å². The average molecular weight is 561 g/mol. The minimum absolute atomic E-state index is 0.169. The number of carbonyl (C=O) groups excluding carboxylic acids is 3. The van der Waals surface area contributed by atoms with E-state index >= 15 is 0 Å². The molecule has 0 radical (unpaired) electrons. The van der Waals surface area contributed by atoms with E-state index in [2.05, 4.69) is 13.5 Å². The van der Waals surface area contributed by atoms with Crippen LogP contribution < -0.4 is 18.9 Å². The number of carbonyl (C=O) groups is 3. The van der Waals surface area contributed by atoms with Gasteiger partial charge in [0.25, 0.3) is 0 Å². The third-order valence-electron chi connectivity index (χ3n) is 6.11. The van der Waals surface area contributed by atoms with Gasteiger partial charge in [-0.25, -0.2) is 14.4 Å². The minimum Gasteiger partial charge on any atom is -0.494 e. The van der Waals surface area contributed by atoms with Gasteiger partial charge in [0.05, 0.1) is 31.5 Å². The van der Waals surface area contributed by atoms with Crippen molar-refractivity contribution in [3.63, 3.8) is 0 Å². The van der Waals surface area contributed by atoms with Crippen LogP contribution in [0.3, 0.4) is 0 Å². The molecule has 0 saturated carbocycles. The van der Waals surface area contributed by atoms with E-state index in [9.17, 15) is 14.4 Å². The summed E-state index contributed by atoms with van der Waals surface area (Å²) in [5, 5.41) is 0. The molecule has 0 atom stereocenters. The highest BCUT2D eigenvalue weighted by Gasteiger charge is 2.17. The van der Waals surface area contributed by atoms with Gasteiger partial charge in [-0.05, 0) is 85.8 Å². The first-order chi connectivity index (χ1) is 19.9. The van der Waals surface area contributed by atoms with E-state index in [4.69, 9.17) is 23.7 Å². The predicted octanol–water partition coefficient (Wildman–Crippen LogP) is 6.75. The fourth-order valence-corrected chi connectivity index (χ4v) is 3.82. The first-order valence-electron chi connectivity index (χ1n) is 13.7. The van der Waals surface area contributed by atoms with Crippen LogP contribution in [-0.2, 0) is 16.0 Å². The van der Waals surface area contributed by atoms with Crippen molar-refractivity contribution in [1.29, 1.82) is 0 Å². The van der Waals surface area contributed by atoms with Crippen molar-refractivity contribution >= 4 is 17.9 Å². The van der Waals surface area contributed by atoms with Gasteiger partial charge in [-0.3, -0.25) is 0 Å². The Labute approximate surface area is 240 Å². The third kappa shape index (κ3) is 10.1. The average Bonchev–Trinajstić information content (AvgIpc) is 3.00. The molecule has 0 amide bonds. The lowest BCUT2D eigenvalue weighted by Gasteiger charge is -2.12. The molecule has 0 spiro atoms. The van der Waals surface area contributed by atoms with Crippen molar-refractivity contribution in [1.82, 2.24) is 0 Å². The second kappa shape index (κ2) is 16.5. The van der Waals surface area contributed by atoms with Gasteiger partial charge in [-0.1, -0.05) is 38.5 Å². The summed E-state index contributed by atoms with van der Waals surface area (Å²) >= 11 is 0. The zero-order chi connectivity index (χ0) is 29.5. The summed E-state index contributed by atoms with van der Waals surface area (Å²) in [6.45, 7) is 6.25. The molecule has 41 heavy (non-hydrogen) atoms. The molecule has 0 aliphatic rings. The number of ether oxygens (including phenoxy) is 5. The van der Waals surface area contributed by atoms with Gasteiger partial charge in [0.15, 0.2) is 11.5 Å². The molecule has 0 aliphatic carbocycles. The van der Waals surface area contributed by atoms with Crippen molar-refractivity contribution in [2.75, 3.05) is 20.3 Å². The number of rotatable bonds is 16. The standard InChI is InChI=1S/C33H36O8/c1-4-6-7-10-24-11-16-28(17-12-24)40-33(36)26-15-20-29(30(23-26)37-3)41-32(35)25-13-18-27(19-14-25)38-21-8-9-22-39-31(34)5-2/h5,11-20,23H,2,4,6-10,21-22H2,1,3H3. The second-order valence-electron chi connectivity index (χ2n) is 9.20. The summed E-state index contributed by atoms with van der Waals surface area (Å²) in [6.07, 6.45) is 6.96. The molecule has 3 aromatic rings. The Balaban J connectivity index is 1.51. The molecular formula is C33H36O8. The van der Waals surface area contributed by atoms with Crippen LogP contribution in [0.15, 0.2) is 79.4 Å². The van der Waals surface area contributed by atoms with Crippen molar-refractivity contribution in [3.8, 4) is 23.0 Å². The molecule has 216 valence electrons. The highest BCUT2D eigenvalue weighted by atomic mass is 16.6. The predicted molar refractivity (Wildman–Crippen MR) is 155 cm³/mol. The zero-order valence-electron chi connectivity index (χ0n) is 23.6. The maximum absolute atomic E-state index is 12.7. The van der Waals surface area contributed by atoms with E-state index in [1.165, 1.54) is 43.7 Å². The zero-order valence-corrected chi connectivity index (χ0v) is 23.6. The number of hydrogen-bond donors (Lipinski definition) is 0. The Kier molecular flexibility index (Phi) is 12.5. The lowest BCUT2D eigenvalue weighted by Crippen LogP contribution is -2.11. The molecule has 8 heteroatoms. The molecule has 0 fully saturated rings. The van der Waals surface area contributed by atoms with Gasteiger partial charge in [0.2, 0.25) is 0 Å². The van der Waals surface area contributed by atoms with E-state index in [1.807, 2.05) is 12.1 Å². The molecule has 3 aromatic carbocycles. The van der Waals surface area contributed by atoms with Crippen molar-refractivity contribution < 1.29 is 38.1 Å². The molecule has 0 aromatic heterocycles. The first kappa shape index (κ1) is 30.9. The minimum atomic E-state index is -0.590. The molecule has 3 rings (SSSR count). The van der Waals surface area contributed by atoms with E-state index < -0.39 is 17.9 Å². The molecular weight excluding hydrogens is 524 g/mol. The Morgan fingerprint density at radius 2 is 1.39 bits per heavy atom. The van der Waals surface area contributed by atoms with Crippen molar-refractivity contribution in [3.05, 3.63) is 96.1 Å². The Bertz CT molecular complexity index is 1300. The van der Waals surface area contributed by atoms with Crippen molar-refractivity contribution in [2.45, 2.75) is 45.4 Å².